The number of rotatable bonds is 13. The highest BCUT2D eigenvalue weighted by Crippen LogP contribution is 2.24. The van der Waals surface area contributed by atoms with Crippen LogP contribution in [0.2, 0.25) is 0 Å². The molecule has 0 aromatic rings. The molecule has 1 fully saturated rings. The first-order valence-corrected chi connectivity index (χ1v) is 12.5. The highest BCUT2D eigenvalue weighted by molar-refractivity contribution is 7.99. The van der Waals surface area contributed by atoms with Crippen molar-refractivity contribution in [2.24, 2.45) is 5.92 Å². The molecule has 30 heavy (non-hydrogen) atoms. The molecular weight excluding hydrogens is 394 g/mol. The molecule has 0 heterocycles. The Morgan fingerprint density at radius 1 is 0.967 bits per heavy atom. The fraction of sp³-hybridized carbons (Fsp3) is 0.680. The summed E-state index contributed by atoms with van der Waals surface area (Å²) < 4.78 is 0. The molecule has 1 aliphatic carbocycles. The molecule has 0 aromatic heterocycles. The minimum absolute atomic E-state index is 0.00808. The molecule has 1 aliphatic rings. The third-order valence-corrected chi connectivity index (χ3v) is 6.52. The minimum atomic E-state index is -0.943. The van der Waals surface area contributed by atoms with E-state index >= 15 is 0 Å². The van der Waals surface area contributed by atoms with Gasteiger partial charge in [0, 0.05) is 17.4 Å². The van der Waals surface area contributed by atoms with Crippen LogP contribution in [-0.4, -0.2) is 34.5 Å². The van der Waals surface area contributed by atoms with Gasteiger partial charge >= 0.3 is 5.97 Å². The number of allylic oxidation sites excluding steroid dienone is 5. The van der Waals surface area contributed by atoms with Crippen molar-refractivity contribution in [3.05, 3.63) is 34.9 Å². The summed E-state index contributed by atoms with van der Waals surface area (Å²) in [4.78, 5) is 23.8. The van der Waals surface area contributed by atoms with Crippen LogP contribution in [0.15, 0.2) is 34.9 Å². The highest BCUT2D eigenvalue weighted by atomic mass is 32.2. The molecule has 0 radical (unpaired) electrons. The van der Waals surface area contributed by atoms with Crippen molar-refractivity contribution in [3.63, 3.8) is 0 Å². The number of thioether (sulfide) groups is 1. The Hall–Kier alpha value is -1.49. The first-order chi connectivity index (χ1) is 14.3. The molecule has 1 amide bonds. The quantitative estimate of drug-likeness (QED) is 0.264. The number of amides is 1. The smallest absolute Gasteiger partial charge is 0.327 e. The Labute approximate surface area is 187 Å². The Morgan fingerprint density at radius 2 is 1.57 bits per heavy atom. The first-order valence-electron chi connectivity index (χ1n) is 11.3. The minimum Gasteiger partial charge on any atom is -0.480 e. The molecule has 0 spiro atoms. The molecule has 5 heteroatoms. The highest BCUT2D eigenvalue weighted by Gasteiger charge is 2.26. The summed E-state index contributed by atoms with van der Waals surface area (Å²) in [5.74, 6) is 0.146. The lowest BCUT2D eigenvalue weighted by atomic mass is 9.88. The fourth-order valence-corrected chi connectivity index (χ4v) is 4.56. The standard InChI is InChI=1S/C25H41NO3S/c1-19(2)10-8-11-20(3)12-9-13-21(4)16-17-30-18-23(25(28)29)26-24(27)22-14-6-5-7-15-22/h10,12,16,22-23H,5-9,11,13-15,17-18H2,1-4H3,(H,26,27)(H,28,29)/b20-12+,21-16+/t23-/m0/s1. The fourth-order valence-electron chi connectivity index (χ4n) is 3.55. The molecule has 1 atom stereocenters. The van der Waals surface area contributed by atoms with Crippen molar-refractivity contribution in [2.45, 2.75) is 91.5 Å². The van der Waals surface area contributed by atoms with Crippen LogP contribution >= 0.6 is 11.8 Å². The van der Waals surface area contributed by atoms with Crippen molar-refractivity contribution < 1.29 is 14.7 Å². The van der Waals surface area contributed by atoms with Gasteiger partial charge in [-0.05, 0) is 66.2 Å². The van der Waals surface area contributed by atoms with Gasteiger partial charge in [0.15, 0.2) is 0 Å². The van der Waals surface area contributed by atoms with E-state index in [1.54, 1.807) is 11.8 Å². The predicted octanol–water partition coefficient (Wildman–Crippen LogP) is 6.29. The van der Waals surface area contributed by atoms with Crippen LogP contribution in [0.3, 0.4) is 0 Å². The maximum absolute atomic E-state index is 12.3. The summed E-state index contributed by atoms with van der Waals surface area (Å²) in [6, 6.07) is -0.801. The van der Waals surface area contributed by atoms with Gasteiger partial charge in [-0.25, -0.2) is 4.79 Å². The van der Waals surface area contributed by atoms with Crippen LogP contribution in [0.25, 0.3) is 0 Å². The lowest BCUT2D eigenvalue weighted by molar-refractivity contribution is -0.141. The second-order valence-electron chi connectivity index (χ2n) is 8.73. The summed E-state index contributed by atoms with van der Waals surface area (Å²) in [6.07, 6.45) is 16.2. The zero-order valence-electron chi connectivity index (χ0n) is 19.3. The largest absolute Gasteiger partial charge is 0.480 e. The van der Waals surface area contributed by atoms with E-state index in [-0.39, 0.29) is 11.8 Å². The molecule has 0 aromatic carbocycles. The zero-order valence-corrected chi connectivity index (χ0v) is 20.2. The number of aliphatic carboxylic acids is 1. The van der Waals surface area contributed by atoms with Gasteiger partial charge < -0.3 is 10.4 Å². The number of carboxylic acid groups (broad SMARTS) is 1. The number of hydrogen-bond acceptors (Lipinski definition) is 3. The topological polar surface area (TPSA) is 66.4 Å². The van der Waals surface area contributed by atoms with Gasteiger partial charge in [0.05, 0.1) is 0 Å². The summed E-state index contributed by atoms with van der Waals surface area (Å²) in [6.45, 7) is 8.59. The molecule has 1 rings (SSSR count). The number of carbonyl (C=O) groups is 2. The van der Waals surface area contributed by atoms with Gasteiger partial charge in [-0.2, -0.15) is 11.8 Å². The van der Waals surface area contributed by atoms with Crippen LogP contribution in [0.4, 0.5) is 0 Å². The Kier molecular flexibility index (Phi) is 13.6. The van der Waals surface area contributed by atoms with Crippen molar-refractivity contribution in [2.75, 3.05) is 11.5 Å². The maximum Gasteiger partial charge on any atom is 0.327 e. The first kappa shape index (κ1) is 26.5. The normalized spacial score (nSPS) is 16.8. The van der Waals surface area contributed by atoms with E-state index in [2.05, 4.69) is 51.2 Å². The molecule has 0 unspecified atom stereocenters. The molecule has 4 nitrogen and oxygen atoms in total. The van der Waals surface area contributed by atoms with E-state index in [1.165, 1.54) is 23.1 Å². The lowest BCUT2D eigenvalue weighted by Crippen LogP contribution is -2.45. The predicted molar refractivity (Wildman–Crippen MR) is 129 cm³/mol. The second-order valence-corrected chi connectivity index (χ2v) is 9.81. The third kappa shape index (κ3) is 12.3. The van der Waals surface area contributed by atoms with Crippen molar-refractivity contribution in [3.8, 4) is 0 Å². The van der Waals surface area contributed by atoms with Gasteiger partial charge in [0.2, 0.25) is 5.91 Å². The van der Waals surface area contributed by atoms with Crippen molar-refractivity contribution in [1.29, 1.82) is 0 Å². The summed E-state index contributed by atoms with van der Waals surface area (Å²) in [7, 11) is 0. The summed E-state index contributed by atoms with van der Waals surface area (Å²) in [5.41, 5.74) is 4.14. The van der Waals surface area contributed by atoms with Gasteiger partial charge in [0.1, 0.15) is 6.04 Å². The average molecular weight is 436 g/mol. The van der Waals surface area contributed by atoms with Crippen LogP contribution in [0.1, 0.15) is 85.5 Å². The lowest BCUT2D eigenvalue weighted by Gasteiger charge is -2.23. The Morgan fingerprint density at radius 3 is 2.17 bits per heavy atom. The Balaban J connectivity index is 2.30. The van der Waals surface area contributed by atoms with E-state index in [0.717, 1.165) is 57.1 Å². The van der Waals surface area contributed by atoms with E-state index in [9.17, 15) is 14.7 Å². The van der Waals surface area contributed by atoms with Gasteiger partial charge in [-0.1, -0.05) is 54.2 Å². The monoisotopic (exact) mass is 435 g/mol. The third-order valence-electron chi connectivity index (χ3n) is 5.55. The van der Waals surface area contributed by atoms with Crippen LogP contribution in [0.5, 0.6) is 0 Å². The van der Waals surface area contributed by atoms with Gasteiger partial charge in [-0.3, -0.25) is 4.79 Å². The molecule has 0 aliphatic heterocycles. The van der Waals surface area contributed by atoms with Crippen LogP contribution in [-0.2, 0) is 9.59 Å². The number of hydrogen-bond donors (Lipinski definition) is 2. The van der Waals surface area contributed by atoms with Crippen LogP contribution in [0, 0.1) is 5.92 Å². The van der Waals surface area contributed by atoms with E-state index in [0.29, 0.717) is 5.75 Å². The van der Waals surface area contributed by atoms with E-state index in [4.69, 9.17) is 0 Å². The molecule has 170 valence electrons. The number of carbonyl (C=O) groups excluding carboxylic acids is 1. The van der Waals surface area contributed by atoms with E-state index in [1.807, 2.05) is 0 Å². The van der Waals surface area contributed by atoms with Crippen LogP contribution < -0.4 is 5.32 Å². The zero-order chi connectivity index (χ0) is 22.4. The average Bonchev–Trinajstić information content (AvgIpc) is 2.70. The Bertz CT molecular complexity index is 626. The number of carboxylic acids is 1. The molecule has 1 saturated carbocycles. The van der Waals surface area contributed by atoms with Gasteiger partial charge in [0.25, 0.3) is 0 Å². The van der Waals surface area contributed by atoms with Crippen molar-refractivity contribution in [1.82, 2.24) is 5.32 Å². The van der Waals surface area contributed by atoms with Crippen molar-refractivity contribution >= 4 is 23.6 Å². The second kappa shape index (κ2) is 15.3. The molecular formula is C25H41NO3S. The maximum atomic E-state index is 12.3. The molecule has 2 N–H and O–H groups in total. The SMILES string of the molecule is CC(C)=CCC/C(C)=C/CC/C(C)=C/CSC[C@H](NC(=O)C1CCCCC1)C(=O)O. The summed E-state index contributed by atoms with van der Waals surface area (Å²) >= 11 is 1.57. The number of nitrogens with one attached hydrogen (secondary N) is 1. The van der Waals surface area contributed by atoms with Gasteiger partial charge in [-0.15, -0.1) is 0 Å². The molecule has 0 bridgehead atoms. The molecule has 0 saturated heterocycles. The van der Waals surface area contributed by atoms with E-state index < -0.39 is 12.0 Å². The summed E-state index contributed by atoms with van der Waals surface area (Å²) in [5, 5.41) is 12.2.